The molecule has 2 aromatic carbocycles. The molecule has 0 aliphatic rings. The third-order valence-electron chi connectivity index (χ3n) is 2.91. The molecule has 22 heavy (non-hydrogen) atoms. The van der Waals surface area contributed by atoms with Crippen LogP contribution in [0.1, 0.15) is 5.56 Å². The van der Waals surface area contributed by atoms with Crippen molar-refractivity contribution < 1.29 is 13.6 Å². The largest absolute Gasteiger partial charge is 0.355 e. The van der Waals surface area contributed by atoms with Crippen molar-refractivity contribution in [2.24, 2.45) is 0 Å². The first-order valence-corrected chi connectivity index (χ1v) is 8.00. The van der Waals surface area contributed by atoms with E-state index in [4.69, 9.17) is 11.6 Å². The molecule has 2 rings (SSSR count). The minimum absolute atomic E-state index is 0.0433. The molecule has 0 aliphatic heterocycles. The van der Waals surface area contributed by atoms with Crippen molar-refractivity contribution >= 4 is 29.3 Å². The van der Waals surface area contributed by atoms with Crippen molar-refractivity contribution in [1.82, 2.24) is 5.32 Å². The number of benzene rings is 2. The third kappa shape index (κ3) is 5.31. The van der Waals surface area contributed by atoms with E-state index < -0.39 is 5.82 Å². The maximum atomic E-state index is 13.0. The molecule has 1 N–H and O–H groups in total. The molecule has 2 aromatic rings. The molecule has 0 aliphatic carbocycles. The van der Waals surface area contributed by atoms with Crippen LogP contribution in [0, 0.1) is 11.6 Å². The van der Waals surface area contributed by atoms with Crippen molar-refractivity contribution in [3.8, 4) is 0 Å². The van der Waals surface area contributed by atoms with Crippen LogP contribution in [0.3, 0.4) is 0 Å². The molecular formula is C16H14ClF2NOS. The summed E-state index contributed by atoms with van der Waals surface area (Å²) in [5.74, 6) is -0.643. The number of rotatable bonds is 6. The van der Waals surface area contributed by atoms with E-state index in [1.54, 1.807) is 18.2 Å². The van der Waals surface area contributed by atoms with Crippen LogP contribution in [-0.2, 0) is 11.2 Å². The van der Waals surface area contributed by atoms with Gasteiger partial charge in [0.05, 0.1) is 10.8 Å². The van der Waals surface area contributed by atoms with Gasteiger partial charge in [0, 0.05) is 11.4 Å². The van der Waals surface area contributed by atoms with Crippen LogP contribution >= 0.6 is 23.4 Å². The summed E-state index contributed by atoms with van der Waals surface area (Å²) in [6.45, 7) is 0.481. The Bertz CT molecular complexity index is 649. The van der Waals surface area contributed by atoms with Gasteiger partial charge in [-0.25, -0.2) is 8.78 Å². The summed E-state index contributed by atoms with van der Waals surface area (Å²) in [5, 5.41) is 2.82. The second kappa shape index (κ2) is 8.15. The van der Waals surface area contributed by atoms with Gasteiger partial charge in [-0.1, -0.05) is 23.7 Å². The van der Waals surface area contributed by atoms with Gasteiger partial charge in [-0.15, -0.1) is 11.8 Å². The number of nitrogens with one attached hydrogen (secondary N) is 1. The molecule has 0 radical (unpaired) electrons. The molecular weight excluding hydrogens is 328 g/mol. The number of carbonyl (C=O) groups excluding carboxylic acids is 1. The van der Waals surface area contributed by atoms with Crippen LogP contribution < -0.4 is 5.32 Å². The minimum atomic E-state index is -0.477. The number of thioether (sulfide) groups is 1. The molecule has 6 heteroatoms. The SMILES string of the molecule is O=C(CSc1ccc(F)c(Cl)c1)NCCc1ccc(F)cc1. The molecule has 0 saturated heterocycles. The van der Waals surface area contributed by atoms with E-state index in [-0.39, 0.29) is 22.5 Å². The fraction of sp³-hybridized carbons (Fsp3) is 0.188. The highest BCUT2D eigenvalue weighted by atomic mass is 35.5. The van der Waals surface area contributed by atoms with Gasteiger partial charge in [-0.3, -0.25) is 4.79 Å². The van der Waals surface area contributed by atoms with E-state index in [1.165, 1.54) is 36.0 Å². The Morgan fingerprint density at radius 1 is 1.14 bits per heavy atom. The van der Waals surface area contributed by atoms with Crippen LogP contribution in [0.25, 0.3) is 0 Å². The molecule has 116 valence electrons. The molecule has 0 heterocycles. The van der Waals surface area contributed by atoms with E-state index in [0.717, 1.165) is 10.5 Å². The van der Waals surface area contributed by atoms with Gasteiger partial charge in [0.1, 0.15) is 11.6 Å². The van der Waals surface area contributed by atoms with Crippen LogP contribution in [0.15, 0.2) is 47.4 Å². The Morgan fingerprint density at radius 3 is 2.55 bits per heavy atom. The maximum absolute atomic E-state index is 13.0. The summed E-state index contributed by atoms with van der Waals surface area (Å²) in [7, 11) is 0. The van der Waals surface area contributed by atoms with Crippen molar-refractivity contribution in [2.75, 3.05) is 12.3 Å². The van der Waals surface area contributed by atoms with E-state index in [0.29, 0.717) is 13.0 Å². The molecule has 0 spiro atoms. The Balaban J connectivity index is 1.71. The summed E-state index contributed by atoms with van der Waals surface area (Å²) in [5.41, 5.74) is 0.958. The van der Waals surface area contributed by atoms with Crippen LogP contribution in [0.4, 0.5) is 8.78 Å². The maximum Gasteiger partial charge on any atom is 0.230 e. The Hall–Kier alpha value is -1.59. The highest BCUT2D eigenvalue weighted by Gasteiger charge is 2.05. The molecule has 0 bridgehead atoms. The Labute approximate surface area is 136 Å². The summed E-state index contributed by atoms with van der Waals surface area (Å²) in [4.78, 5) is 12.4. The third-order valence-corrected chi connectivity index (χ3v) is 4.19. The first kappa shape index (κ1) is 16.8. The minimum Gasteiger partial charge on any atom is -0.355 e. The highest BCUT2D eigenvalue weighted by molar-refractivity contribution is 8.00. The fourth-order valence-electron chi connectivity index (χ4n) is 1.76. The van der Waals surface area contributed by atoms with Gasteiger partial charge in [-0.05, 0) is 42.3 Å². The smallest absolute Gasteiger partial charge is 0.230 e. The fourth-order valence-corrected chi connectivity index (χ4v) is 2.77. The van der Waals surface area contributed by atoms with Gasteiger partial charge in [-0.2, -0.15) is 0 Å². The second-order valence-electron chi connectivity index (χ2n) is 4.59. The molecule has 0 fully saturated rings. The van der Waals surface area contributed by atoms with Crippen molar-refractivity contribution in [1.29, 1.82) is 0 Å². The van der Waals surface area contributed by atoms with Crippen LogP contribution in [0.5, 0.6) is 0 Å². The Kier molecular flexibility index (Phi) is 6.21. The van der Waals surface area contributed by atoms with E-state index in [9.17, 15) is 13.6 Å². The topological polar surface area (TPSA) is 29.1 Å². The normalized spacial score (nSPS) is 10.5. The summed E-state index contributed by atoms with van der Waals surface area (Å²) in [6, 6.07) is 10.5. The van der Waals surface area contributed by atoms with Gasteiger partial charge in [0.15, 0.2) is 0 Å². The van der Waals surface area contributed by atoms with Gasteiger partial charge < -0.3 is 5.32 Å². The molecule has 0 aromatic heterocycles. The highest BCUT2D eigenvalue weighted by Crippen LogP contribution is 2.23. The van der Waals surface area contributed by atoms with Crippen molar-refractivity contribution in [3.05, 3.63) is 64.7 Å². The van der Waals surface area contributed by atoms with Gasteiger partial charge in [0.2, 0.25) is 5.91 Å². The number of amides is 1. The van der Waals surface area contributed by atoms with Crippen molar-refractivity contribution in [2.45, 2.75) is 11.3 Å². The number of hydrogen-bond donors (Lipinski definition) is 1. The lowest BCUT2D eigenvalue weighted by atomic mass is 10.1. The van der Waals surface area contributed by atoms with Crippen molar-refractivity contribution in [3.63, 3.8) is 0 Å². The van der Waals surface area contributed by atoms with Gasteiger partial charge >= 0.3 is 0 Å². The number of carbonyl (C=O) groups is 1. The zero-order valence-corrected chi connectivity index (χ0v) is 13.2. The lowest BCUT2D eigenvalue weighted by Crippen LogP contribution is -2.27. The zero-order valence-electron chi connectivity index (χ0n) is 11.6. The number of halogens is 3. The predicted molar refractivity (Wildman–Crippen MR) is 85.2 cm³/mol. The summed E-state index contributed by atoms with van der Waals surface area (Å²) in [6.07, 6.45) is 0.638. The van der Waals surface area contributed by atoms with E-state index in [2.05, 4.69) is 5.32 Å². The standard InChI is InChI=1S/C16H14ClF2NOS/c17-14-9-13(5-6-15(14)19)22-10-16(21)20-8-7-11-1-3-12(18)4-2-11/h1-6,9H,7-8,10H2,(H,20,21). The van der Waals surface area contributed by atoms with E-state index in [1.807, 2.05) is 0 Å². The molecule has 0 atom stereocenters. The first-order chi connectivity index (χ1) is 10.5. The lowest BCUT2D eigenvalue weighted by Gasteiger charge is -2.06. The molecule has 2 nitrogen and oxygen atoms in total. The number of hydrogen-bond acceptors (Lipinski definition) is 2. The van der Waals surface area contributed by atoms with Crippen LogP contribution in [-0.4, -0.2) is 18.2 Å². The van der Waals surface area contributed by atoms with Gasteiger partial charge in [0.25, 0.3) is 0 Å². The van der Waals surface area contributed by atoms with Crippen LogP contribution in [0.2, 0.25) is 5.02 Å². The molecule has 0 saturated carbocycles. The average Bonchev–Trinajstić information content (AvgIpc) is 2.50. The predicted octanol–water partition coefficient (Wildman–Crippen LogP) is 4.07. The average molecular weight is 342 g/mol. The lowest BCUT2D eigenvalue weighted by molar-refractivity contribution is -0.118. The van der Waals surface area contributed by atoms with E-state index >= 15 is 0 Å². The summed E-state index contributed by atoms with van der Waals surface area (Å²) >= 11 is 6.96. The first-order valence-electron chi connectivity index (χ1n) is 6.63. The summed E-state index contributed by atoms with van der Waals surface area (Å²) < 4.78 is 25.8. The quantitative estimate of drug-likeness (QED) is 0.802. The molecule has 0 unspecified atom stereocenters. The Morgan fingerprint density at radius 2 is 1.86 bits per heavy atom. The monoisotopic (exact) mass is 341 g/mol. The zero-order chi connectivity index (χ0) is 15.9. The molecule has 1 amide bonds. The second-order valence-corrected chi connectivity index (χ2v) is 6.05.